The average molecular weight is 195 g/mol. The van der Waals surface area contributed by atoms with E-state index in [1.165, 1.54) is 24.3 Å². The summed E-state index contributed by atoms with van der Waals surface area (Å²) < 4.78 is 0. The van der Waals surface area contributed by atoms with Gasteiger partial charge in [-0.25, -0.2) is 4.98 Å². The molecule has 2 rings (SSSR count). The molecular weight excluding hydrogens is 178 g/mol. The molecule has 0 aromatic carbocycles. The van der Waals surface area contributed by atoms with Gasteiger partial charge in [-0.15, -0.1) is 11.3 Å². The minimum absolute atomic E-state index is 0.468. The lowest BCUT2D eigenvalue weighted by molar-refractivity contribution is 0.121. The Hall–Kier alpha value is -0.370. The van der Waals surface area contributed by atoms with Crippen LogP contribution in [0.4, 0.5) is 0 Å². The Balaban J connectivity index is 1.99. The summed E-state index contributed by atoms with van der Waals surface area (Å²) in [4.78, 5) is 4.36. The highest BCUT2D eigenvalue weighted by Crippen LogP contribution is 2.43. The summed E-state index contributed by atoms with van der Waals surface area (Å²) in [5.41, 5.74) is 0.468. The van der Waals surface area contributed by atoms with Gasteiger partial charge in [0.1, 0.15) is 0 Å². The van der Waals surface area contributed by atoms with E-state index >= 15 is 0 Å². The normalized spacial score (nSPS) is 18.6. The topological polar surface area (TPSA) is 12.9 Å². The summed E-state index contributed by atoms with van der Waals surface area (Å²) in [6.45, 7) is 4.77. The van der Waals surface area contributed by atoms with Crippen molar-refractivity contribution in [2.24, 2.45) is 11.3 Å². The molecule has 0 radical (unpaired) electrons. The summed E-state index contributed by atoms with van der Waals surface area (Å²) >= 11 is 1.79. The van der Waals surface area contributed by atoms with Crippen molar-refractivity contribution < 1.29 is 0 Å². The second-order valence-corrected chi connectivity index (χ2v) is 5.70. The Morgan fingerprint density at radius 2 is 2.31 bits per heavy atom. The Kier molecular flexibility index (Phi) is 2.41. The van der Waals surface area contributed by atoms with Crippen LogP contribution in [0.1, 0.15) is 38.1 Å². The molecule has 2 heteroatoms. The molecule has 1 saturated carbocycles. The Morgan fingerprint density at radius 1 is 1.54 bits per heavy atom. The van der Waals surface area contributed by atoms with E-state index in [9.17, 15) is 0 Å². The van der Waals surface area contributed by atoms with E-state index in [-0.39, 0.29) is 0 Å². The zero-order chi connectivity index (χ0) is 9.31. The first-order valence-electron chi connectivity index (χ1n) is 5.07. The summed E-state index contributed by atoms with van der Waals surface area (Å²) in [7, 11) is 0. The molecule has 0 N–H and O–H groups in total. The van der Waals surface area contributed by atoms with Gasteiger partial charge in [0.15, 0.2) is 0 Å². The SMILES string of the molecule is CC(C)(Cc1nccs1)C1CCC1. The predicted octanol–water partition coefficient (Wildman–Crippen LogP) is 3.51. The molecule has 0 aliphatic heterocycles. The standard InChI is InChI=1S/C11H17NS/c1-11(2,9-4-3-5-9)8-10-12-6-7-13-10/h6-7,9H,3-5,8H2,1-2H3. The molecule has 0 saturated heterocycles. The molecule has 1 heterocycles. The van der Waals surface area contributed by atoms with Gasteiger partial charge in [-0.2, -0.15) is 0 Å². The summed E-state index contributed by atoms with van der Waals surface area (Å²) in [5, 5.41) is 3.38. The second kappa shape index (κ2) is 3.41. The Morgan fingerprint density at radius 3 is 2.77 bits per heavy atom. The van der Waals surface area contributed by atoms with Crippen LogP contribution >= 0.6 is 11.3 Å². The lowest BCUT2D eigenvalue weighted by atomic mass is 9.66. The number of aromatic nitrogens is 1. The van der Waals surface area contributed by atoms with Crippen LogP contribution in [0, 0.1) is 11.3 Å². The maximum Gasteiger partial charge on any atom is 0.0930 e. The van der Waals surface area contributed by atoms with E-state index in [2.05, 4.69) is 24.2 Å². The Labute approximate surface area is 84.2 Å². The highest BCUT2D eigenvalue weighted by atomic mass is 32.1. The van der Waals surface area contributed by atoms with Crippen molar-refractivity contribution in [2.45, 2.75) is 39.5 Å². The number of rotatable bonds is 3. The average Bonchev–Trinajstić information content (AvgIpc) is 2.32. The molecule has 1 nitrogen and oxygen atoms in total. The highest BCUT2D eigenvalue weighted by molar-refractivity contribution is 7.09. The largest absolute Gasteiger partial charge is 0.250 e. The van der Waals surface area contributed by atoms with Crippen LogP contribution in [0.2, 0.25) is 0 Å². The van der Waals surface area contributed by atoms with Crippen molar-refractivity contribution in [3.63, 3.8) is 0 Å². The third kappa shape index (κ3) is 1.93. The summed E-state index contributed by atoms with van der Waals surface area (Å²) in [6.07, 6.45) is 7.37. The van der Waals surface area contributed by atoms with Gasteiger partial charge in [0, 0.05) is 18.0 Å². The number of hydrogen-bond acceptors (Lipinski definition) is 2. The molecule has 72 valence electrons. The third-order valence-corrected chi connectivity index (χ3v) is 4.08. The second-order valence-electron chi connectivity index (χ2n) is 4.72. The molecule has 0 amide bonds. The first kappa shape index (κ1) is 9.20. The van der Waals surface area contributed by atoms with Gasteiger partial charge in [0.25, 0.3) is 0 Å². The third-order valence-electron chi connectivity index (χ3n) is 3.30. The first-order valence-corrected chi connectivity index (χ1v) is 5.95. The molecule has 1 fully saturated rings. The fourth-order valence-corrected chi connectivity index (χ4v) is 2.92. The monoisotopic (exact) mass is 195 g/mol. The van der Waals surface area contributed by atoms with Gasteiger partial charge in [-0.1, -0.05) is 20.3 Å². The zero-order valence-electron chi connectivity index (χ0n) is 8.42. The lowest BCUT2D eigenvalue weighted by Crippen LogP contribution is -2.31. The molecule has 0 atom stereocenters. The molecule has 13 heavy (non-hydrogen) atoms. The van der Waals surface area contributed by atoms with Gasteiger partial charge in [-0.05, 0) is 24.2 Å². The van der Waals surface area contributed by atoms with Crippen LogP contribution in [0.15, 0.2) is 11.6 Å². The Bertz CT molecular complexity index is 260. The molecule has 1 aromatic rings. The molecule has 0 bridgehead atoms. The maximum atomic E-state index is 4.36. The minimum atomic E-state index is 0.468. The fraction of sp³-hybridized carbons (Fsp3) is 0.727. The van der Waals surface area contributed by atoms with E-state index in [4.69, 9.17) is 0 Å². The van der Waals surface area contributed by atoms with Crippen LogP contribution in [-0.4, -0.2) is 4.98 Å². The first-order chi connectivity index (χ1) is 6.18. The molecule has 1 aliphatic rings. The lowest BCUT2D eigenvalue weighted by Gasteiger charge is -2.40. The van der Waals surface area contributed by atoms with Gasteiger partial charge >= 0.3 is 0 Å². The predicted molar refractivity (Wildman–Crippen MR) is 56.9 cm³/mol. The van der Waals surface area contributed by atoms with Crippen LogP contribution in [0.25, 0.3) is 0 Å². The van der Waals surface area contributed by atoms with E-state index in [1.807, 2.05) is 6.20 Å². The molecular formula is C11H17NS. The fourth-order valence-electron chi connectivity index (χ4n) is 2.06. The molecule has 0 spiro atoms. The molecule has 0 unspecified atom stereocenters. The maximum absolute atomic E-state index is 4.36. The number of hydrogen-bond donors (Lipinski definition) is 0. The zero-order valence-corrected chi connectivity index (χ0v) is 9.23. The van der Waals surface area contributed by atoms with E-state index in [0.29, 0.717) is 5.41 Å². The van der Waals surface area contributed by atoms with Crippen LogP contribution < -0.4 is 0 Å². The van der Waals surface area contributed by atoms with Gasteiger partial charge in [-0.3, -0.25) is 0 Å². The van der Waals surface area contributed by atoms with E-state index in [1.54, 1.807) is 11.3 Å². The summed E-state index contributed by atoms with van der Waals surface area (Å²) in [5.74, 6) is 0.941. The van der Waals surface area contributed by atoms with Gasteiger partial charge in [0.05, 0.1) is 5.01 Å². The van der Waals surface area contributed by atoms with Crippen molar-refractivity contribution in [2.75, 3.05) is 0 Å². The van der Waals surface area contributed by atoms with E-state index < -0.39 is 0 Å². The van der Waals surface area contributed by atoms with Crippen LogP contribution in [-0.2, 0) is 6.42 Å². The number of thiazole rings is 1. The molecule has 1 aliphatic carbocycles. The van der Waals surface area contributed by atoms with Crippen LogP contribution in [0.5, 0.6) is 0 Å². The number of nitrogens with zero attached hydrogens (tertiary/aromatic N) is 1. The van der Waals surface area contributed by atoms with Crippen molar-refractivity contribution in [1.29, 1.82) is 0 Å². The van der Waals surface area contributed by atoms with Crippen molar-refractivity contribution >= 4 is 11.3 Å². The highest BCUT2D eigenvalue weighted by Gasteiger charge is 2.34. The van der Waals surface area contributed by atoms with E-state index in [0.717, 1.165) is 12.3 Å². The van der Waals surface area contributed by atoms with Crippen molar-refractivity contribution in [3.8, 4) is 0 Å². The van der Waals surface area contributed by atoms with Crippen molar-refractivity contribution in [3.05, 3.63) is 16.6 Å². The minimum Gasteiger partial charge on any atom is -0.250 e. The van der Waals surface area contributed by atoms with Crippen LogP contribution in [0.3, 0.4) is 0 Å². The molecule has 1 aromatic heterocycles. The quantitative estimate of drug-likeness (QED) is 0.719. The van der Waals surface area contributed by atoms with Crippen molar-refractivity contribution in [1.82, 2.24) is 4.98 Å². The summed E-state index contributed by atoms with van der Waals surface area (Å²) in [6, 6.07) is 0. The van der Waals surface area contributed by atoms with Gasteiger partial charge in [0.2, 0.25) is 0 Å². The van der Waals surface area contributed by atoms with Gasteiger partial charge < -0.3 is 0 Å². The smallest absolute Gasteiger partial charge is 0.0930 e.